The highest BCUT2D eigenvalue weighted by atomic mass is 16.3. The lowest BCUT2D eigenvalue weighted by Crippen LogP contribution is -2.10. The number of fused-ring (bicyclic) bond motifs is 3. The fourth-order valence-corrected chi connectivity index (χ4v) is 3.23. The monoisotopic (exact) mass is 368 g/mol. The number of hydrogen-bond donors (Lipinski definition) is 2. The van der Waals surface area contributed by atoms with Crippen molar-refractivity contribution < 1.29 is 19.8 Å². The van der Waals surface area contributed by atoms with Gasteiger partial charge in [0.15, 0.2) is 23.1 Å². The average Bonchev–Trinajstić information content (AvgIpc) is 2.73. The minimum absolute atomic E-state index is 0.0525. The molecule has 0 atom stereocenters. The Balaban J connectivity index is 0.000000143. The second-order valence-corrected chi connectivity index (χ2v) is 6.46. The number of carbonyl (C=O) groups excluding carboxylic acids is 2. The molecule has 0 bridgehead atoms. The van der Waals surface area contributed by atoms with Crippen molar-refractivity contribution in [3.05, 3.63) is 96.1 Å². The third-order valence-corrected chi connectivity index (χ3v) is 4.68. The van der Waals surface area contributed by atoms with E-state index < -0.39 is 0 Å². The van der Waals surface area contributed by atoms with Gasteiger partial charge in [-0.05, 0) is 46.5 Å². The number of allylic oxidation sites excluding steroid dienone is 2. The fraction of sp³-hybridized carbons (Fsp3) is 0. The molecule has 28 heavy (non-hydrogen) atoms. The summed E-state index contributed by atoms with van der Waals surface area (Å²) < 4.78 is 0. The molecule has 0 saturated carbocycles. The van der Waals surface area contributed by atoms with E-state index >= 15 is 0 Å². The standard InChI is InChI=1S/C14H10O2.C10H6O2/c15-13-6-5-11-7-9-3-1-2-4-10(9)8-12(11)14(13)16;11-9-5-6-10(12)8-4-2-1-3-7(8)9/h1-8,15-16H;1-6H. The van der Waals surface area contributed by atoms with Crippen molar-refractivity contribution in [2.45, 2.75) is 0 Å². The van der Waals surface area contributed by atoms with Crippen LogP contribution in [0.25, 0.3) is 21.5 Å². The van der Waals surface area contributed by atoms with Crippen LogP contribution in [0.2, 0.25) is 0 Å². The first-order valence-corrected chi connectivity index (χ1v) is 8.74. The molecule has 0 fully saturated rings. The number of phenolic OH excluding ortho intramolecular Hbond substituents is 2. The van der Waals surface area contributed by atoms with Gasteiger partial charge >= 0.3 is 0 Å². The van der Waals surface area contributed by atoms with Crippen LogP contribution in [0.1, 0.15) is 20.7 Å². The summed E-state index contributed by atoms with van der Waals surface area (Å²) in [5.74, 6) is -0.318. The summed E-state index contributed by atoms with van der Waals surface area (Å²) in [4.78, 5) is 22.4. The van der Waals surface area contributed by atoms with E-state index in [4.69, 9.17) is 0 Å². The quantitative estimate of drug-likeness (QED) is 0.337. The lowest BCUT2D eigenvalue weighted by atomic mass is 9.95. The highest BCUT2D eigenvalue weighted by Gasteiger charge is 2.17. The Morgan fingerprint density at radius 1 is 0.571 bits per heavy atom. The normalized spacial score (nSPS) is 12.6. The Hall–Kier alpha value is -3.92. The summed E-state index contributed by atoms with van der Waals surface area (Å²) in [6.45, 7) is 0. The molecule has 0 unspecified atom stereocenters. The fourth-order valence-electron chi connectivity index (χ4n) is 3.23. The number of phenols is 2. The summed E-state index contributed by atoms with van der Waals surface area (Å²) in [5.41, 5.74) is 1.01. The minimum atomic E-state index is -0.0924. The molecule has 136 valence electrons. The van der Waals surface area contributed by atoms with Crippen molar-refractivity contribution in [1.29, 1.82) is 0 Å². The molecule has 5 rings (SSSR count). The van der Waals surface area contributed by atoms with Gasteiger partial charge in [0.2, 0.25) is 0 Å². The first-order valence-electron chi connectivity index (χ1n) is 8.74. The molecule has 4 aromatic carbocycles. The molecule has 4 heteroatoms. The molecule has 4 nitrogen and oxygen atoms in total. The molecule has 0 aromatic heterocycles. The van der Waals surface area contributed by atoms with Crippen molar-refractivity contribution in [3.63, 3.8) is 0 Å². The molecule has 4 aromatic rings. The minimum Gasteiger partial charge on any atom is -0.504 e. The van der Waals surface area contributed by atoms with Gasteiger partial charge in [-0.2, -0.15) is 0 Å². The van der Waals surface area contributed by atoms with Crippen molar-refractivity contribution >= 4 is 33.1 Å². The van der Waals surface area contributed by atoms with Gasteiger partial charge in [0.1, 0.15) is 0 Å². The lowest BCUT2D eigenvalue weighted by molar-refractivity contribution is 0.0994. The summed E-state index contributed by atoms with van der Waals surface area (Å²) in [7, 11) is 0. The van der Waals surface area contributed by atoms with Crippen LogP contribution in [-0.4, -0.2) is 21.8 Å². The van der Waals surface area contributed by atoms with E-state index in [9.17, 15) is 19.8 Å². The van der Waals surface area contributed by atoms with Crippen molar-refractivity contribution in [2.24, 2.45) is 0 Å². The van der Waals surface area contributed by atoms with Crippen LogP contribution in [0, 0.1) is 0 Å². The van der Waals surface area contributed by atoms with Crippen LogP contribution < -0.4 is 0 Å². The Morgan fingerprint density at radius 2 is 1.11 bits per heavy atom. The van der Waals surface area contributed by atoms with Crippen LogP contribution in [0.3, 0.4) is 0 Å². The topological polar surface area (TPSA) is 74.6 Å². The van der Waals surface area contributed by atoms with Gasteiger partial charge in [-0.25, -0.2) is 0 Å². The van der Waals surface area contributed by atoms with E-state index in [1.165, 1.54) is 18.2 Å². The van der Waals surface area contributed by atoms with Gasteiger partial charge in [-0.1, -0.05) is 54.6 Å². The lowest BCUT2D eigenvalue weighted by Gasteiger charge is -2.06. The number of aromatic hydroxyl groups is 2. The molecule has 0 radical (unpaired) electrons. The number of hydrogen-bond acceptors (Lipinski definition) is 4. The molecule has 1 aliphatic carbocycles. The Bertz CT molecular complexity index is 1230. The third-order valence-electron chi connectivity index (χ3n) is 4.68. The first kappa shape index (κ1) is 17.5. The van der Waals surface area contributed by atoms with Crippen molar-refractivity contribution in [2.75, 3.05) is 0 Å². The van der Waals surface area contributed by atoms with E-state index in [2.05, 4.69) is 0 Å². The van der Waals surface area contributed by atoms with E-state index in [-0.39, 0.29) is 23.1 Å². The maximum Gasteiger partial charge on any atom is 0.186 e. The number of rotatable bonds is 0. The molecular formula is C24H16O4. The van der Waals surface area contributed by atoms with Crippen molar-refractivity contribution in [1.82, 2.24) is 0 Å². The largest absolute Gasteiger partial charge is 0.504 e. The predicted octanol–water partition coefficient (Wildman–Crippen LogP) is 5.03. The van der Waals surface area contributed by atoms with E-state index in [1.54, 1.807) is 30.3 Å². The maximum absolute atomic E-state index is 11.2. The zero-order chi connectivity index (χ0) is 19.7. The van der Waals surface area contributed by atoms with Crippen LogP contribution in [0.4, 0.5) is 0 Å². The SMILES string of the molecule is O=C1C=CC(=O)c2ccccc21.Oc1ccc2cc3ccccc3cc2c1O. The van der Waals surface area contributed by atoms with Gasteiger partial charge in [0.25, 0.3) is 0 Å². The summed E-state index contributed by atoms with van der Waals surface area (Å²) in [6, 6.07) is 22.0. The zero-order valence-electron chi connectivity index (χ0n) is 14.8. The van der Waals surface area contributed by atoms with E-state index in [0.717, 1.165) is 16.2 Å². The second kappa shape index (κ2) is 7.00. The van der Waals surface area contributed by atoms with Crippen LogP contribution in [-0.2, 0) is 0 Å². The van der Waals surface area contributed by atoms with Crippen LogP contribution >= 0.6 is 0 Å². The Labute approximate surface area is 161 Å². The predicted molar refractivity (Wildman–Crippen MR) is 109 cm³/mol. The number of carbonyl (C=O) groups is 2. The van der Waals surface area contributed by atoms with E-state index in [1.807, 2.05) is 36.4 Å². The van der Waals surface area contributed by atoms with Gasteiger partial charge in [0, 0.05) is 16.5 Å². The molecule has 0 heterocycles. The number of benzene rings is 4. The average molecular weight is 368 g/mol. The van der Waals surface area contributed by atoms with Crippen LogP contribution in [0.5, 0.6) is 11.5 Å². The highest BCUT2D eigenvalue weighted by molar-refractivity contribution is 6.21. The summed E-state index contributed by atoms with van der Waals surface area (Å²) in [6.07, 6.45) is 2.62. The molecule has 0 aliphatic heterocycles. The van der Waals surface area contributed by atoms with Gasteiger partial charge < -0.3 is 10.2 Å². The maximum atomic E-state index is 11.2. The molecular weight excluding hydrogens is 352 g/mol. The highest BCUT2D eigenvalue weighted by Crippen LogP contribution is 2.35. The molecule has 2 N–H and O–H groups in total. The number of ketones is 2. The Kier molecular flexibility index (Phi) is 4.38. The third kappa shape index (κ3) is 3.12. The smallest absolute Gasteiger partial charge is 0.186 e. The molecule has 0 spiro atoms. The molecule has 1 aliphatic rings. The first-order chi connectivity index (χ1) is 13.5. The summed E-state index contributed by atoms with van der Waals surface area (Å²) in [5, 5.41) is 23.0. The van der Waals surface area contributed by atoms with Gasteiger partial charge in [0.05, 0.1) is 0 Å². The van der Waals surface area contributed by atoms with Crippen LogP contribution in [0.15, 0.2) is 84.9 Å². The van der Waals surface area contributed by atoms with Gasteiger partial charge in [-0.3, -0.25) is 9.59 Å². The molecule has 0 saturated heterocycles. The molecule has 0 amide bonds. The van der Waals surface area contributed by atoms with Gasteiger partial charge in [-0.15, -0.1) is 0 Å². The summed E-state index contributed by atoms with van der Waals surface area (Å²) >= 11 is 0. The van der Waals surface area contributed by atoms with Crippen molar-refractivity contribution in [3.8, 4) is 11.5 Å². The van der Waals surface area contributed by atoms with E-state index in [0.29, 0.717) is 16.5 Å². The Morgan fingerprint density at radius 3 is 1.71 bits per heavy atom. The second-order valence-electron chi connectivity index (χ2n) is 6.46. The zero-order valence-corrected chi connectivity index (χ0v) is 14.8.